The Morgan fingerprint density at radius 3 is 2.77 bits per heavy atom. The SMILES string of the molecule is CCOCCCNC(=O)Cn1nc(C)c2ccccc2c1=O. The Morgan fingerprint density at radius 2 is 2.05 bits per heavy atom. The molecule has 6 nitrogen and oxygen atoms in total. The van der Waals surface area contributed by atoms with Crippen molar-refractivity contribution >= 4 is 16.7 Å². The van der Waals surface area contributed by atoms with Gasteiger partial charge in [0.05, 0.1) is 11.1 Å². The molecule has 1 aromatic carbocycles. The highest BCUT2D eigenvalue weighted by molar-refractivity contribution is 5.83. The number of rotatable bonds is 7. The van der Waals surface area contributed by atoms with Crippen LogP contribution in [0.1, 0.15) is 19.0 Å². The van der Waals surface area contributed by atoms with Gasteiger partial charge in [-0.05, 0) is 26.3 Å². The molecule has 0 fully saturated rings. The standard InChI is InChI=1S/C16H21N3O3/c1-3-22-10-6-9-17-15(20)11-19-16(21)14-8-5-4-7-13(14)12(2)18-19/h4-5,7-8H,3,6,9-11H2,1-2H3,(H,17,20). The Hall–Kier alpha value is -2.21. The van der Waals surface area contributed by atoms with Crippen molar-refractivity contribution in [2.45, 2.75) is 26.8 Å². The molecule has 1 heterocycles. The van der Waals surface area contributed by atoms with Gasteiger partial charge in [0.25, 0.3) is 5.56 Å². The zero-order chi connectivity index (χ0) is 15.9. The largest absolute Gasteiger partial charge is 0.382 e. The molecule has 0 bridgehead atoms. The van der Waals surface area contributed by atoms with Gasteiger partial charge in [-0.25, -0.2) is 4.68 Å². The van der Waals surface area contributed by atoms with Gasteiger partial charge < -0.3 is 10.1 Å². The van der Waals surface area contributed by atoms with E-state index in [1.165, 1.54) is 4.68 Å². The van der Waals surface area contributed by atoms with E-state index in [1.54, 1.807) is 12.1 Å². The Bertz CT molecular complexity index is 709. The van der Waals surface area contributed by atoms with Crippen LogP contribution in [0.25, 0.3) is 10.8 Å². The highest BCUT2D eigenvalue weighted by Crippen LogP contribution is 2.11. The first-order chi connectivity index (χ1) is 10.6. The third kappa shape index (κ3) is 3.92. The van der Waals surface area contributed by atoms with Crippen LogP contribution in [0.4, 0.5) is 0 Å². The summed E-state index contributed by atoms with van der Waals surface area (Å²) in [7, 11) is 0. The van der Waals surface area contributed by atoms with Gasteiger partial charge >= 0.3 is 0 Å². The lowest BCUT2D eigenvalue weighted by Crippen LogP contribution is -2.34. The average Bonchev–Trinajstić information content (AvgIpc) is 2.52. The summed E-state index contributed by atoms with van der Waals surface area (Å²) in [5.74, 6) is -0.222. The summed E-state index contributed by atoms with van der Waals surface area (Å²) in [6.07, 6.45) is 0.749. The molecule has 0 atom stereocenters. The summed E-state index contributed by atoms with van der Waals surface area (Å²) in [6.45, 7) is 5.50. The van der Waals surface area contributed by atoms with Crippen molar-refractivity contribution in [2.24, 2.45) is 0 Å². The predicted octanol–water partition coefficient (Wildman–Crippen LogP) is 1.25. The van der Waals surface area contributed by atoms with E-state index in [0.717, 1.165) is 17.5 Å². The molecular formula is C16H21N3O3. The van der Waals surface area contributed by atoms with Gasteiger partial charge in [-0.2, -0.15) is 5.10 Å². The molecule has 0 aliphatic heterocycles. The molecule has 0 radical (unpaired) electrons. The summed E-state index contributed by atoms with van der Waals surface area (Å²) in [4.78, 5) is 24.2. The lowest BCUT2D eigenvalue weighted by atomic mass is 10.1. The summed E-state index contributed by atoms with van der Waals surface area (Å²) in [6, 6.07) is 7.28. The molecule has 0 saturated carbocycles. The minimum absolute atomic E-state index is 0.0703. The third-order valence-electron chi connectivity index (χ3n) is 3.34. The van der Waals surface area contributed by atoms with E-state index in [4.69, 9.17) is 4.74 Å². The van der Waals surface area contributed by atoms with E-state index in [1.807, 2.05) is 26.0 Å². The quantitative estimate of drug-likeness (QED) is 0.781. The summed E-state index contributed by atoms with van der Waals surface area (Å²) in [5.41, 5.74) is 0.491. The Labute approximate surface area is 129 Å². The number of ether oxygens (including phenoxy) is 1. The maximum absolute atomic E-state index is 12.3. The van der Waals surface area contributed by atoms with Crippen LogP contribution in [0, 0.1) is 6.92 Å². The number of hydrogen-bond acceptors (Lipinski definition) is 4. The number of aryl methyl sites for hydroxylation is 1. The molecule has 1 aromatic heterocycles. The van der Waals surface area contributed by atoms with Gasteiger partial charge in [-0.15, -0.1) is 0 Å². The van der Waals surface area contributed by atoms with Gasteiger partial charge in [0.15, 0.2) is 0 Å². The summed E-state index contributed by atoms with van der Waals surface area (Å²) < 4.78 is 6.42. The monoisotopic (exact) mass is 303 g/mol. The fraction of sp³-hybridized carbons (Fsp3) is 0.438. The molecule has 0 unspecified atom stereocenters. The molecule has 2 aromatic rings. The molecule has 0 saturated heterocycles. The van der Waals surface area contributed by atoms with Crippen molar-refractivity contribution in [3.63, 3.8) is 0 Å². The fourth-order valence-electron chi connectivity index (χ4n) is 2.25. The smallest absolute Gasteiger partial charge is 0.275 e. The molecule has 1 N–H and O–H groups in total. The molecule has 1 amide bonds. The second kappa shape index (κ2) is 7.70. The van der Waals surface area contributed by atoms with E-state index in [2.05, 4.69) is 10.4 Å². The summed E-state index contributed by atoms with van der Waals surface area (Å²) in [5, 5.41) is 8.39. The van der Waals surface area contributed by atoms with Crippen LogP contribution in [0.5, 0.6) is 0 Å². The molecule has 0 aliphatic carbocycles. The zero-order valence-corrected chi connectivity index (χ0v) is 13.0. The summed E-state index contributed by atoms with van der Waals surface area (Å²) >= 11 is 0. The Morgan fingerprint density at radius 1 is 1.32 bits per heavy atom. The van der Waals surface area contributed by atoms with Crippen LogP contribution in [0.15, 0.2) is 29.1 Å². The lowest BCUT2D eigenvalue weighted by molar-refractivity contribution is -0.121. The van der Waals surface area contributed by atoms with Crippen LogP contribution in [-0.2, 0) is 16.1 Å². The maximum Gasteiger partial charge on any atom is 0.275 e. The number of carbonyl (C=O) groups is 1. The highest BCUT2D eigenvalue weighted by atomic mass is 16.5. The Balaban J connectivity index is 2.04. The molecule has 2 rings (SSSR count). The Kier molecular flexibility index (Phi) is 5.66. The number of fused-ring (bicyclic) bond motifs is 1. The fourth-order valence-corrected chi connectivity index (χ4v) is 2.25. The van der Waals surface area contributed by atoms with E-state index in [-0.39, 0.29) is 18.0 Å². The minimum Gasteiger partial charge on any atom is -0.382 e. The van der Waals surface area contributed by atoms with E-state index in [0.29, 0.717) is 25.1 Å². The second-order valence-corrected chi connectivity index (χ2v) is 4.99. The van der Waals surface area contributed by atoms with Crippen molar-refractivity contribution in [1.82, 2.24) is 15.1 Å². The molecule has 6 heteroatoms. The second-order valence-electron chi connectivity index (χ2n) is 4.99. The van der Waals surface area contributed by atoms with E-state index in [9.17, 15) is 9.59 Å². The first kappa shape index (κ1) is 16.2. The van der Waals surface area contributed by atoms with Crippen LogP contribution in [-0.4, -0.2) is 35.4 Å². The maximum atomic E-state index is 12.3. The van der Waals surface area contributed by atoms with Crippen LogP contribution >= 0.6 is 0 Å². The van der Waals surface area contributed by atoms with Gasteiger partial charge in [0, 0.05) is 25.1 Å². The van der Waals surface area contributed by atoms with Crippen LogP contribution < -0.4 is 10.9 Å². The first-order valence-corrected chi connectivity index (χ1v) is 7.44. The third-order valence-corrected chi connectivity index (χ3v) is 3.34. The zero-order valence-electron chi connectivity index (χ0n) is 13.0. The molecule has 0 spiro atoms. The lowest BCUT2D eigenvalue weighted by Gasteiger charge is -2.09. The van der Waals surface area contributed by atoms with Crippen LogP contribution in [0.2, 0.25) is 0 Å². The number of carbonyl (C=O) groups excluding carboxylic acids is 1. The first-order valence-electron chi connectivity index (χ1n) is 7.44. The number of aromatic nitrogens is 2. The van der Waals surface area contributed by atoms with Gasteiger partial charge in [0.2, 0.25) is 5.91 Å². The number of benzene rings is 1. The number of hydrogen-bond donors (Lipinski definition) is 1. The topological polar surface area (TPSA) is 73.2 Å². The average molecular weight is 303 g/mol. The van der Waals surface area contributed by atoms with Crippen molar-refractivity contribution in [2.75, 3.05) is 19.8 Å². The minimum atomic E-state index is -0.245. The van der Waals surface area contributed by atoms with E-state index >= 15 is 0 Å². The van der Waals surface area contributed by atoms with Gasteiger partial charge in [-0.3, -0.25) is 9.59 Å². The molecule has 118 valence electrons. The molecular weight excluding hydrogens is 282 g/mol. The van der Waals surface area contributed by atoms with Gasteiger partial charge in [0.1, 0.15) is 6.54 Å². The number of nitrogens with one attached hydrogen (secondary N) is 1. The molecule has 22 heavy (non-hydrogen) atoms. The van der Waals surface area contributed by atoms with Crippen molar-refractivity contribution in [3.05, 3.63) is 40.3 Å². The number of amides is 1. The van der Waals surface area contributed by atoms with Gasteiger partial charge in [-0.1, -0.05) is 18.2 Å². The number of nitrogens with zero attached hydrogens (tertiary/aromatic N) is 2. The van der Waals surface area contributed by atoms with Crippen molar-refractivity contribution < 1.29 is 9.53 Å². The predicted molar refractivity (Wildman–Crippen MR) is 84.9 cm³/mol. The van der Waals surface area contributed by atoms with Crippen molar-refractivity contribution in [1.29, 1.82) is 0 Å². The van der Waals surface area contributed by atoms with Crippen molar-refractivity contribution in [3.8, 4) is 0 Å². The van der Waals surface area contributed by atoms with E-state index < -0.39 is 0 Å². The normalized spacial score (nSPS) is 10.8. The highest BCUT2D eigenvalue weighted by Gasteiger charge is 2.10. The van der Waals surface area contributed by atoms with Crippen LogP contribution in [0.3, 0.4) is 0 Å². The molecule has 0 aliphatic rings.